The lowest BCUT2D eigenvalue weighted by molar-refractivity contribution is -0.139. The first-order valence-electron chi connectivity index (χ1n) is 17.5. The smallest absolute Gasteiger partial charge is 0.416 e. The third kappa shape index (κ3) is 12.7. The van der Waals surface area contributed by atoms with E-state index in [-0.39, 0.29) is 34.9 Å². The number of methoxy groups -OCH3 is 1. The molecule has 0 saturated carbocycles. The van der Waals surface area contributed by atoms with Gasteiger partial charge >= 0.3 is 18.1 Å². The van der Waals surface area contributed by atoms with Crippen LogP contribution in [0.3, 0.4) is 0 Å². The molecule has 13 heteroatoms. The van der Waals surface area contributed by atoms with E-state index in [0.717, 1.165) is 23.8 Å². The fourth-order valence-electron chi connectivity index (χ4n) is 5.53. The molecule has 10 nitrogen and oxygen atoms in total. The molecule has 0 unspecified atom stereocenters. The van der Waals surface area contributed by atoms with E-state index in [0.29, 0.717) is 23.5 Å². The number of rotatable bonds is 19. The lowest BCUT2D eigenvalue weighted by Gasteiger charge is -2.21. The summed E-state index contributed by atoms with van der Waals surface area (Å²) in [6.07, 6.45) is 1.71. The number of halogens is 3. The molecule has 0 aliphatic heterocycles. The molecule has 54 heavy (non-hydrogen) atoms. The van der Waals surface area contributed by atoms with Crippen molar-refractivity contribution in [1.82, 2.24) is 4.90 Å². The van der Waals surface area contributed by atoms with Gasteiger partial charge in [0.2, 0.25) is 5.91 Å². The minimum Gasteiger partial charge on any atom is -0.497 e. The summed E-state index contributed by atoms with van der Waals surface area (Å²) in [5, 5.41) is 12.0. The summed E-state index contributed by atoms with van der Waals surface area (Å²) >= 11 is 0. The number of ether oxygens (including phenoxy) is 3. The van der Waals surface area contributed by atoms with Gasteiger partial charge in [0.1, 0.15) is 23.8 Å². The number of carboxylic acids is 1. The standard InChI is InChI=1S/C41H43F3N2O8/c1-3-4-5-6-7-8-23-53-33-20-13-30(14-21-33)40(51)54-34-18-9-28(10-19-34)26-46(27-38(48)49)39(50)29-11-16-32(17-12-29)45-37(47)24-31-15-22-35(52-2)25-36(31)41(42,43)44/h9-22,25H,3-8,23-24,26-27H2,1-2H3,(H,45,47)(H,48,49). The number of unbranched alkanes of at least 4 members (excludes halogenated alkanes) is 5. The van der Waals surface area contributed by atoms with Crippen molar-refractivity contribution in [3.63, 3.8) is 0 Å². The third-order valence-corrected chi connectivity index (χ3v) is 8.37. The number of carbonyl (C=O) groups is 4. The van der Waals surface area contributed by atoms with Gasteiger partial charge in [-0.25, -0.2) is 4.79 Å². The molecular formula is C41H43F3N2O8. The second-order valence-corrected chi connectivity index (χ2v) is 12.6. The zero-order chi connectivity index (χ0) is 39.1. The van der Waals surface area contributed by atoms with Crippen LogP contribution < -0.4 is 19.5 Å². The Labute approximate surface area is 311 Å². The van der Waals surface area contributed by atoms with Crippen LogP contribution in [0.5, 0.6) is 17.2 Å². The Kier molecular flexibility index (Phi) is 15.0. The van der Waals surface area contributed by atoms with E-state index >= 15 is 0 Å². The van der Waals surface area contributed by atoms with E-state index in [9.17, 15) is 37.5 Å². The van der Waals surface area contributed by atoms with Gasteiger partial charge < -0.3 is 29.5 Å². The molecule has 4 aromatic carbocycles. The summed E-state index contributed by atoms with van der Waals surface area (Å²) in [7, 11) is 1.24. The second-order valence-electron chi connectivity index (χ2n) is 12.6. The van der Waals surface area contributed by atoms with E-state index in [1.165, 1.54) is 81.3 Å². The van der Waals surface area contributed by atoms with Gasteiger partial charge in [-0.05, 0) is 90.3 Å². The average Bonchev–Trinajstić information content (AvgIpc) is 3.14. The number of carbonyl (C=O) groups excluding carboxylic acids is 3. The van der Waals surface area contributed by atoms with E-state index < -0.39 is 48.5 Å². The van der Waals surface area contributed by atoms with Gasteiger partial charge in [0.15, 0.2) is 0 Å². The second kappa shape index (κ2) is 19.8. The summed E-state index contributed by atoms with van der Waals surface area (Å²) in [4.78, 5) is 51.4. The highest BCUT2D eigenvalue weighted by atomic mass is 19.4. The molecule has 0 aromatic heterocycles. The minimum absolute atomic E-state index is 0.00341. The van der Waals surface area contributed by atoms with E-state index in [1.54, 1.807) is 36.4 Å². The molecule has 0 atom stereocenters. The largest absolute Gasteiger partial charge is 0.497 e. The van der Waals surface area contributed by atoms with Crippen LogP contribution in [-0.2, 0) is 28.7 Å². The average molecular weight is 749 g/mol. The van der Waals surface area contributed by atoms with Crippen molar-refractivity contribution in [3.8, 4) is 17.2 Å². The molecule has 4 rings (SSSR count). The van der Waals surface area contributed by atoms with Crippen molar-refractivity contribution in [3.05, 3.63) is 119 Å². The van der Waals surface area contributed by atoms with Crippen LogP contribution >= 0.6 is 0 Å². The molecule has 0 radical (unpaired) electrons. The maximum absolute atomic E-state index is 13.6. The lowest BCUT2D eigenvalue weighted by Crippen LogP contribution is -2.35. The van der Waals surface area contributed by atoms with Gasteiger partial charge in [-0.15, -0.1) is 0 Å². The summed E-state index contributed by atoms with van der Waals surface area (Å²) in [6.45, 7) is 2.09. The first kappa shape index (κ1) is 40.9. The van der Waals surface area contributed by atoms with Crippen molar-refractivity contribution >= 4 is 29.4 Å². The summed E-state index contributed by atoms with van der Waals surface area (Å²) in [6, 6.07) is 21.8. The maximum atomic E-state index is 13.6. The zero-order valence-electron chi connectivity index (χ0n) is 30.1. The van der Waals surface area contributed by atoms with Crippen LogP contribution in [0.25, 0.3) is 0 Å². The van der Waals surface area contributed by atoms with Gasteiger partial charge in [-0.2, -0.15) is 13.2 Å². The molecule has 0 spiro atoms. The van der Waals surface area contributed by atoms with Crippen LogP contribution in [0.2, 0.25) is 0 Å². The highest BCUT2D eigenvalue weighted by molar-refractivity contribution is 5.97. The van der Waals surface area contributed by atoms with Gasteiger partial charge in [-0.3, -0.25) is 14.4 Å². The molecular weight excluding hydrogens is 705 g/mol. The number of nitrogens with one attached hydrogen (secondary N) is 1. The van der Waals surface area contributed by atoms with Crippen molar-refractivity contribution in [2.75, 3.05) is 25.6 Å². The van der Waals surface area contributed by atoms with Crippen LogP contribution in [0, 0.1) is 0 Å². The number of carboxylic acid groups (broad SMARTS) is 1. The maximum Gasteiger partial charge on any atom is 0.416 e. The van der Waals surface area contributed by atoms with Crippen molar-refractivity contribution in [2.45, 2.75) is 64.6 Å². The number of esters is 1. The number of hydrogen-bond donors (Lipinski definition) is 2. The Morgan fingerprint density at radius 3 is 2.00 bits per heavy atom. The van der Waals surface area contributed by atoms with E-state index in [2.05, 4.69) is 12.2 Å². The summed E-state index contributed by atoms with van der Waals surface area (Å²) in [5.41, 5.74) is 0.0178. The van der Waals surface area contributed by atoms with Crippen molar-refractivity contribution in [2.24, 2.45) is 0 Å². The van der Waals surface area contributed by atoms with Gasteiger partial charge in [0.25, 0.3) is 5.91 Å². The molecule has 0 bridgehead atoms. The molecule has 2 amide bonds. The zero-order valence-corrected chi connectivity index (χ0v) is 30.1. The third-order valence-electron chi connectivity index (χ3n) is 8.37. The summed E-state index contributed by atoms with van der Waals surface area (Å²) in [5.74, 6) is -2.22. The number of benzene rings is 4. The highest BCUT2D eigenvalue weighted by Crippen LogP contribution is 2.35. The van der Waals surface area contributed by atoms with Crippen molar-refractivity contribution < 1.29 is 51.7 Å². The first-order valence-corrected chi connectivity index (χ1v) is 17.5. The predicted octanol–water partition coefficient (Wildman–Crippen LogP) is 8.58. The van der Waals surface area contributed by atoms with Gasteiger partial charge in [-0.1, -0.05) is 57.2 Å². The Morgan fingerprint density at radius 2 is 1.37 bits per heavy atom. The number of alkyl halides is 3. The van der Waals surface area contributed by atoms with Gasteiger partial charge in [0, 0.05) is 17.8 Å². The number of anilines is 1. The Balaban J connectivity index is 1.31. The molecule has 0 saturated heterocycles. The molecule has 0 heterocycles. The van der Waals surface area contributed by atoms with Gasteiger partial charge in [0.05, 0.1) is 31.3 Å². The quantitative estimate of drug-likeness (QED) is 0.0554. The van der Waals surface area contributed by atoms with E-state index in [1.807, 2.05) is 0 Å². The SMILES string of the molecule is CCCCCCCCOc1ccc(C(=O)Oc2ccc(CN(CC(=O)O)C(=O)c3ccc(NC(=O)Cc4ccc(OC)cc4C(F)(F)F)cc3)cc2)cc1. The van der Waals surface area contributed by atoms with Crippen molar-refractivity contribution in [1.29, 1.82) is 0 Å². The topological polar surface area (TPSA) is 131 Å². The molecule has 2 N–H and O–H groups in total. The monoisotopic (exact) mass is 748 g/mol. The highest BCUT2D eigenvalue weighted by Gasteiger charge is 2.34. The normalized spacial score (nSPS) is 11.1. The number of nitrogens with zero attached hydrogens (tertiary/aromatic N) is 1. The van der Waals surface area contributed by atoms with E-state index in [4.69, 9.17) is 14.2 Å². The van der Waals surface area contributed by atoms with Crippen LogP contribution in [0.1, 0.15) is 82.9 Å². The molecule has 0 aliphatic carbocycles. The Bertz CT molecular complexity index is 1860. The predicted molar refractivity (Wildman–Crippen MR) is 196 cm³/mol. The number of amides is 2. The van der Waals surface area contributed by atoms with Crippen LogP contribution in [0.15, 0.2) is 91.0 Å². The van der Waals surface area contributed by atoms with Crippen LogP contribution in [-0.4, -0.2) is 54.0 Å². The lowest BCUT2D eigenvalue weighted by atomic mass is 10.0. The number of aliphatic carboxylic acids is 1. The fourth-order valence-corrected chi connectivity index (χ4v) is 5.53. The fraction of sp³-hybridized carbons (Fsp3) is 0.317. The molecule has 0 aliphatic rings. The van der Waals surface area contributed by atoms with Crippen LogP contribution in [0.4, 0.5) is 18.9 Å². The first-order chi connectivity index (χ1) is 25.9. The number of hydrogen-bond acceptors (Lipinski definition) is 7. The Hall–Kier alpha value is -5.85. The Morgan fingerprint density at radius 1 is 0.759 bits per heavy atom. The molecule has 4 aromatic rings. The summed E-state index contributed by atoms with van der Waals surface area (Å²) < 4.78 is 56.8. The molecule has 0 fully saturated rings. The molecule has 286 valence electrons. The minimum atomic E-state index is -4.70.